The Balaban J connectivity index is 2.02. The number of nitrogens with one attached hydrogen (secondary N) is 1. The molecule has 0 aliphatic heterocycles. The zero-order valence-corrected chi connectivity index (χ0v) is 12.0. The number of pyridine rings is 1. The zero-order valence-electron chi connectivity index (χ0n) is 12.0. The highest BCUT2D eigenvalue weighted by Gasteiger charge is 2.26. The Kier molecular flexibility index (Phi) is 4.40. The predicted molar refractivity (Wildman–Crippen MR) is 78.4 cm³/mol. The van der Waals surface area contributed by atoms with Crippen LogP contribution in [0.15, 0.2) is 18.3 Å². The van der Waals surface area contributed by atoms with Crippen LogP contribution in [0.5, 0.6) is 0 Å². The molecular weight excluding hydrogens is 238 g/mol. The van der Waals surface area contributed by atoms with Gasteiger partial charge in [-0.1, -0.05) is 12.8 Å². The summed E-state index contributed by atoms with van der Waals surface area (Å²) < 4.78 is 0. The maximum Gasteiger partial charge on any atom is 0.229 e. The second-order valence-corrected chi connectivity index (χ2v) is 5.58. The van der Waals surface area contributed by atoms with Crippen molar-refractivity contribution in [1.29, 1.82) is 0 Å². The molecule has 1 heterocycles. The molecule has 4 heteroatoms. The Morgan fingerprint density at radius 1 is 1.37 bits per heavy atom. The molecule has 0 bridgehead atoms. The fraction of sp³-hybridized carbons (Fsp3) is 0.600. The first kappa shape index (κ1) is 13.8. The number of anilines is 2. The molecule has 0 aromatic carbocycles. The van der Waals surface area contributed by atoms with Crippen molar-refractivity contribution in [2.75, 3.05) is 17.3 Å². The summed E-state index contributed by atoms with van der Waals surface area (Å²) in [6.07, 6.45) is 6.18. The molecule has 1 N–H and O–H groups in total. The van der Waals surface area contributed by atoms with Gasteiger partial charge in [0.25, 0.3) is 0 Å². The third-order valence-electron chi connectivity index (χ3n) is 3.61. The van der Waals surface area contributed by atoms with Crippen LogP contribution in [0.4, 0.5) is 11.5 Å². The molecule has 4 nitrogen and oxygen atoms in total. The number of hydrogen-bond acceptors (Lipinski definition) is 3. The topological polar surface area (TPSA) is 45.2 Å². The highest BCUT2D eigenvalue weighted by molar-refractivity contribution is 5.94. The summed E-state index contributed by atoms with van der Waals surface area (Å²) in [5.74, 6) is 1.28. The molecule has 1 saturated carbocycles. The molecule has 1 aromatic heterocycles. The summed E-state index contributed by atoms with van der Waals surface area (Å²) in [5.41, 5.74) is 0.867. The fourth-order valence-electron chi connectivity index (χ4n) is 2.54. The van der Waals surface area contributed by atoms with E-state index in [2.05, 4.69) is 24.1 Å². The zero-order chi connectivity index (χ0) is 13.8. The summed E-state index contributed by atoms with van der Waals surface area (Å²) in [6, 6.07) is 4.23. The van der Waals surface area contributed by atoms with Crippen LogP contribution in [0.1, 0.15) is 39.5 Å². The summed E-state index contributed by atoms with van der Waals surface area (Å²) in [5, 5.41) is 3.24. The molecule has 1 aliphatic carbocycles. The molecule has 0 radical (unpaired) electrons. The SMILES string of the molecule is CC(C)Nc1ccc(N(C)C(=O)C2CCCC2)cn1. The fourth-order valence-corrected chi connectivity index (χ4v) is 2.54. The minimum absolute atomic E-state index is 0.207. The molecule has 0 atom stereocenters. The summed E-state index contributed by atoms with van der Waals surface area (Å²) >= 11 is 0. The smallest absolute Gasteiger partial charge is 0.229 e. The molecule has 0 spiro atoms. The van der Waals surface area contributed by atoms with Gasteiger partial charge in [0.15, 0.2) is 0 Å². The van der Waals surface area contributed by atoms with Gasteiger partial charge in [-0.2, -0.15) is 0 Å². The van der Waals surface area contributed by atoms with Crippen molar-refractivity contribution in [2.24, 2.45) is 5.92 Å². The molecule has 19 heavy (non-hydrogen) atoms. The van der Waals surface area contributed by atoms with Gasteiger partial charge in [0, 0.05) is 19.0 Å². The lowest BCUT2D eigenvalue weighted by Crippen LogP contribution is -2.31. The van der Waals surface area contributed by atoms with Crippen molar-refractivity contribution in [1.82, 2.24) is 4.98 Å². The van der Waals surface area contributed by atoms with E-state index in [1.165, 1.54) is 12.8 Å². The average Bonchev–Trinajstić information content (AvgIpc) is 2.91. The van der Waals surface area contributed by atoms with E-state index in [0.29, 0.717) is 6.04 Å². The number of hydrogen-bond donors (Lipinski definition) is 1. The minimum Gasteiger partial charge on any atom is -0.368 e. The Labute approximate surface area is 115 Å². The first-order chi connectivity index (χ1) is 9.08. The van der Waals surface area contributed by atoms with Gasteiger partial charge in [0.1, 0.15) is 5.82 Å². The first-order valence-corrected chi connectivity index (χ1v) is 7.08. The van der Waals surface area contributed by atoms with E-state index in [1.807, 2.05) is 19.2 Å². The molecule has 0 unspecified atom stereocenters. The maximum atomic E-state index is 12.3. The van der Waals surface area contributed by atoms with E-state index in [9.17, 15) is 4.79 Å². The Hall–Kier alpha value is -1.58. The van der Waals surface area contributed by atoms with E-state index in [0.717, 1.165) is 24.3 Å². The molecule has 1 fully saturated rings. The standard InChI is InChI=1S/C15H23N3O/c1-11(2)17-14-9-8-13(10-16-14)18(3)15(19)12-6-4-5-7-12/h8-12H,4-7H2,1-3H3,(H,16,17). The summed E-state index contributed by atoms with van der Waals surface area (Å²) in [6.45, 7) is 4.15. The van der Waals surface area contributed by atoms with E-state index in [1.54, 1.807) is 11.1 Å². The van der Waals surface area contributed by atoms with E-state index >= 15 is 0 Å². The molecule has 2 rings (SSSR count). The van der Waals surface area contributed by atoms with Crippen molar-refractivity contribution < 1.29 is 4.79 Å². The third kappa shape index (κ3) is 3.46. The van der Waals surface area contributed by atoms with Crippen LogP contribution in [0.3, 0.4) is 0 Å². The summed E-state index contributed by atoms with van der Waals surface area (Å²) in [4.78, 5) is 18.4. The van der Waals surface area contributed by atoms with Crippen molar-refractivity contribution in [3.05, 3.63) is 18.3 Å². The predicted octanol–water partition coefficient (Wildman–Crippen LogP) is 3.05. The van der Waals surface area contributed by atoms with Crippen LogP contribution in [0.2, 0.25) is 0 Å². The number of aromatic nitrogens is 1. The van der Waals surface area contributed by atoms with Crippen molar-refractivity contribution in [2.45, 2.75) is 45.6 Å². The van der Waals surface area contributed by atoms with Gasteiger partial charge in [0.05, 0.1) is 11.9 Å². The van der Waals surface area contributed by atoms with Crippen LogP contribution >= 0.6 is 0 Å². The van der Waals surface area contributed by atoms with E-state index < -0.39 is 0 Å². The third-order valence-corrected chi connectivity index (χ3v) is 3.61. The maximum absolute atomic E-state index is 12.3. The largest absolute Gasteiger partial charge is 0.368 e. The monoisotopic (exact) mass is 261 g/mol. The van der Waals surface area contributed by atoms with Crippen molar-refractivity contribution in [3.63, 3.8) is 0 Å². The molecule has 1 aliphatic rings. The van der Waals surface area contributed by atoms with Crippen LogP contribution in [0, 0.1) is 5.92 Å². The van der Waals surface area contributed by atoms with Crippen LogP contribution in [0.25, 0.3) is 0 Å². The number of carbonyl (C=O) groups excluding carboxylic acids is 1. The molecule has 1 amide bonds. The lowest BCUT2D eigenvalue weighted by Gasteiger charge is -2.21. The number of amides is 1. The van der Waals surface area contributed by atoms with E-state index in [-0.39, 0.29) is 11.8 Å². The number of nitrogens with zero attached hydrogens (tertiary/aromatic N) is 2. The van der Waals surface area contributed by atoms with Gasteiger partial charge in [-0.05, 0) is 38.8 Å². The van der Waals surface area contributed by atoms with Crippen molar-refractivity contribution in [3.8, 4) is 0 Å². The average molecular weight is 261 g/mol. The number of rotatable bonds is 4. The van der Waals surface area contributed by atoms with Crippen molar-refractivity contribution >= 4 is 17.4 Å². The van der Waals surface area contributed by atoms with Gasteiger partial charge in [-0.25, -0.2) is 4.98 Å². The lowest BCUT2D eigenvalue weighted by atomic mass is 10.1. The second kappa shape index (κ2) is 6.04. The second-order valence-electron chi connectivity index (χ2n) is 5.58. The highest BCUT2D eigenvalue weighted by Crippen LogP contribution is 2.28. The Morgan fingerprint density at radius 2 is 2.05 bits per heavy atom. The molecule has 1 aromatic rings. The quantitative estimate of drug-likeness (QED) is 0.906. The van der Waals surface area contributed by atoms with Gasteiger partial charge in [-0.3, -0.25) is 4.79 Å². The summed E-state index contributed by atoms with van der Waals surface area (Å²) in [7, 11) is 1.84. The Morgan fingerprint density at radius 3 is 2.58 bits per heavy atom. The highest BCUT2D eigenvalue weighted by atomic mass is 16.2. The van der Waals surface area contributed by atoms with E-state index in [4.69, 9.17) is 0 Å². The van der Waals surface area contributed by atoms with Gasteiger partial charge in [0.2, 0.25) is 5.91 Å². The minimum atomic E-state index is 0.207. The van der Waals surface area contributed by atoms with Crippen LogP contribution in [-0.2, 0) is 4.79 Å². The number of carbonyl (C=O) groups is 1. The molecule has 0 saturated heterocycles. The normalized spacial score (nSPS) is 15.8. The van der Waals surface area contributed by atoms with Gasteiger partial charge in [-0.15, -0.1) is 0 Å². The lowest BCUT2D eigenvalue weighted by molar-refractivity contribution is -0.121. The van der Waals surface area contributed by atoms with Gasteiger partial charge >= 0.3 is 0 Å². The first-order valence-electron chi connectivity index (χ1n) is 7.08. The van der Waals surface area contributed by atoms with Gasteiger partial charge < -0.3 is 10.2 Å². The van der Waals surface area contributed by atoms with Crippen LogP contribution in [-0.4, -0.2) is 24.0 Å². The van der Waals surface area contributed by atoms with Crippen LogP contribution < -0.4 is 10.2 Å². The molecule has 104 valence electrons. The Bertz CT molecular complexity index is 422. The molecular formula is C15H23N3O.